The summed E-state index contributed by atoms with van der Waals surface area (Å²) in [6.07, 6.45) is 0.873. The molecule has 1 amide bonds. The number of carbonyl (C=O) groups excluding carboxylic acids is 1. The fourth-order valence-electron chi connectivity index (χ4n) is 3.35. The molecule has 1 atom stereocenters. The van der Waals surface area contributed by atoms with Gasteiger partial charge in [0.2, 0.25) is 0 Å². The Kier molecular flexibility index (Phi) is 8.44. The van der Waals surface area contributed by atoms with Crippen molar-refractivity contribution in [3.63, 3.8) is 0 Å². The van der Waals surface area contributed by atoms with Crippen molar-refractivity contribution in [2.24, 2.45) is 0 Å². The number of hydrogen-bond donors (Lipinski definition) is 1. The average Bonchev–Trinajstić information content (AvgIpc) is 2.78. The Morgan fingerprint density at radius 2 is 1.76 bits per heavy atom. The third-order valence-corrected chi connectivity index (χ3v) is 4.88. The van der Waals surface area contributed by atoms with Crippen LogP contribution in [0.1, 0.15) is 62.0 Å². The maximum atomic E-state index is 12.9. The molecule has 0 bridgehead atoms. The zero-order chi connectivity index (χ0) is 23.8. The fourth-order valence-corrected chi connectivity index (χ4v) is 3.35. The number of nitrogens with one attached hydrogen (secondary N) is 1. The summed E-state index contributed by atoms with van der Waals surface area (Å²) in [5.41, 5.74) is 2.60. The monoisotopic (exact) mass is 448 g/mol. The van der Waals surface area contributed by atoms with Gasteiger partial charge >= 0.3 is 0 Å². The summed E-state index contributed by atoms with van der Waals surface area (Å²) in [6.45, 7) is 10.4. The number of para-hydroxylation sites is 2. The quantitative estimate of drug-likeness (QED) is 0.373. The number of carbonyl (C=O) groups is 1. The van der Waals surface area contributed by atoms with Crippen LogP contribution in [-0.4, -0.2) is 23.6 Å². The van der Waals surface area contributed by atoms with Crippen LogP contribution in [0.25, 0.3) is 0 Å². The highest BCUT2D eigenvalue weighted by Gasteiger charge is 2.15. The maximum absolute atomic E-state index is 12.9. The highest BCUT2D eigenvalue weighted by atomic mass is 16.5. The van der Waals surface area contributed by atoms with E-state index in [1.807, 2.05) is 76.2 Å². The fraction of sp³-hybridized carbons (Fsp3) is 0.333. The topological polar surface area (TPSA) is 69.7 Å². The van der Waals surface area contributed by atoms with Crippen LogP contribution in [0.3, 0.4) is 0 Å². The Balaban J connectivity index is 1.71. The molecule has 0 saturated heterocycles. The summed E-state index contributed by atoms with van der Waals surface area (Å²) in [4.78, 5) is 17.5. The Bertz CT molecular complexity index is 1080. The van der Waals surface area contributed by atoms with Crippen LogP contribution >= 0.6 is 0 Å². The Hall–Kier alpha value is -3.38. The molecule has 0 radical (unpaired) electrons. The van der Waals surface area contributed by atoms with Crippen molar-refractivity contribution in [3.8, 4) is 17.2 Å². The lowest BCUT2D eigenvalue weighted by Gasteiger charge is -2.17. The molecule has 6 nitrogen and oxygen atoms in total. The number of rotatable bonds is 10. The van der Waals surface area contributed by atoms with Gasteiger partial charge in [-0.15, -0.1) is 0 Å². The highest BCUT2D eigenvalue weighted by Crippen LogP contribution is 2.32. The van der Waals surface area contributed by atoms with Crippen LogP contribution in [0.15, 0.2) is 60.7 Å². The first kappa shape index (κ1) is 24.3. The first-order valence-electron chi connectivity index (χ1n) is 11.3. The van der Waals surface area contributed by atoms with E-state index in [9.17, 15) is 4.79 Å². The standard InChI is InChI=1S/C27H32N2O4/c1-6-16-31-25-12-7-8-13-26(25)33-22-11-9-10-21(17-22)29-27(30)23-14-15-24(28-19(23)4)20(5)32-18(2)3/h7-15,17-18,20H,6,16H2,1-5H3,(H,29,30). The van der Waals surface area contributed by atoms with Gasteiger partial charge in [-0.25, -0.2) is 0 Å². The van der Waals surface area contributed by atoms with Gasteiger partial charge in [0.15, 0.2) is 11.5 Å². The Morgan fingerprint density at radius 1 is 1.00 bits per heavy atom. The van der Waals surface area contributed by atoms with Crippen molar-refractivity contribution in [1.82, 2.24) is 4.98 Å². The third-order valence-electron chi connectivity index (χ3n) is 4.88. The molecule has 0 aliphatic heterocycles. The number of amides is 1. The molecule has 1 heterocycles. The molecule has 1 aromatic heterocycles. The van der Waals surface area contributed by atoms with Crippen LogP contribution in [0.5, 0.6) is 17.2 Å². The average molecular weight is 449 g/mol. The van der Waals surface area contributed by atoms with E-state index in [0.29, 0.717) is 40.8 Å². The molecular formula is C27H32N2O4. The molecule has 174 valence electrons. The van der Waals surface area contributed by atoms with Gasteiger partial charge in [0, 0.05) is 11.8 Å². The zero-order valence-corrected chi connectivity index (χ0v) is 19.9. The van der Waals surface area contributed by atoms with E-state index >= 15 is 0 Å². The smallest absolute Gasteiger partial charge is 0.257 e. The molecule has 0 spiro atoms. The number of pyridine rings is 1. The van der Waals surface area contributed by atoms with E-state index in [4.69, 9.17) is 14.2 Å². The Labute approximate surface area is 195 Å². The van der Waals surface area contributed by atoms with Crippen molar-refractivity contribution in [2.75, 3.05) is 11.9 Å². The molecule has 0 fully saturated rings. The van der Waals surface area contributed by atoms with Gasteiger partial charge in [0.05, 0.1) is 35.8 Å². The summed E-state index contributed by atoms with van der Waals surface area (Å²) in [5.74, 6) is 1.69. The lowest BCUT2D eigenvalue weighted by molar-refractivity contribution is 0.0154. The second kappa shape index (κ2) is 11.5. The molecule has 2 aromatic carbocycles. The summed E-state index contributed by atoms with van der Waals surface area (Å²) in [7, 11) is 0. The van der Waals surface area contributed by atoms with E-state index in [-0.39, 0.29) is 18.1 Å². The van der Waals surface area contributed by atoms with Gasteiger partial charge in [-0.05, 0) is 70.5 Å². The molecule has 3 aromatic rings. The van der Waals surface area contributed by atoms with Crippen molar-refractivity contribution >= 4 is 11.6 Å². The number of nitrogens with zero attached hydrogens (tertiary/aromatic N) is 1. The van der Waals surface area contributed by atoms with Crippen LogP contribution in [0.2, 0.25) is 0 Å². The summed E-state index contributed by atoms with van der Waals surface area (Å²) in [6, 6.07) is 18.4. The van der Waals surface area contributed by atoms with Gasteiger partial charge in [0.25, 0.3) is 5.91 Å². The lowest BCUT2D eigenvalue weighted by Crippen LogP contribution is -2.16. The first-order chi connectivity index (χ1) is 15.9. The second-order valence-corrected chi connectivity index (χ2v) is 8.08. The van der Waals surface area contributed by atoms with Crippen molar-refractivity contribution in [1.29, 1.82) is 0 Å². The minimum absolute atomic E-state index is 0.102. The van der Waals surface area contributed by atoms with Crippen LogP contribution in [0, 0.1) is 6.92 Å². The van der Waals surface area contributed by atoms with Gasteiger partial charge < -0.3 is 19.5 Å². The Morgan fingerprint density at radius 3 is 2.45 bits per heavy atom. The molecule has 0 aliphatic carbocycles. The van der Waals surface area contributed by atoms with E-state index in [1.54, 1.807) is 12.1 Å². The van der Waals surface area contributed by atoms with Gasteiger partial charge in [0.1, 0.15) is 5.75 Å². The maximum Gasteiger partial charge on any atom is 0.257 e. The molecule has 3 rings (SSSR count). The summed E-state index contributed by atoms with van der Waals surface area (Å²) >= 11 is 0. The highest BCUT2D eigenvalue weighted by molar-refractivity contribution is 6.05. The van der Waals surface area contributed by atoms with E-state index in [1.165, 1.54) is 0 Å². The first-order valence-corrected chi connectivity index (χ1v) is 11.3. The molecule has 6 heteroatoms. The second-order valence-electron chi connectivity index (χ2n) is 8.08. The van der Waals surface area contributed by atoms with Crippen molar-refractivity contribution in [3.05, 3.63) is 77.6 Å². The largest absolute Gasteiger partial charge is 0.490 e. The normalized spacial score (nSPS) is 11.8. The van der Waals surface area contributed by atoms with E-state index < -0.39 is 0 Å². The van der Waals surface area contributed by atoms with Crippen LogP contribution < -0.4 is 14.8 Å². The van der Waals surface area contributed by atoms with Gasteiger partial charge in [-0.3, -0.25) is 9.78 Å². The number of aryl methyl sites for hydroxylation is 1. The minimum atomic E-state index is -0.229. The summed E-state index contributed by atoms with van der Waals surface area (Å²) in [5, 5.41) is 2.93. The molecule has 1 unspecified atom stereocenters. The predicted octanol–water partition coefficient (Wildman–Crippen LogP) is 6.71. The molecule has 0 saturated carbocycles. The van der Waals surface area contributed by atoms with E-state index in [0.717, 1.165) is 12.1 Å². The van der Waals surface area contributed by atoms with Crippen LogP contribution in [0.4, 0.5) is 5.69 Å². The zero-order valence-electron chi connectivity index (χ0n) is 19.9. The molecule has 0 aliphatic rings. The SMILES string of the molecule is CCCOc1ccccc1Oc1cccc(NC(=O)c2ccc(C(C)OC(C)C)nc2C)c1. The van der Waals surface area contributed by atoms with Crippen molar-refractivity contribution in [2.45, 2.75) is 53.2 Å². The molecule has 33 heavy (non-hydrogen) atoms. The molecule has 1 N–H and O–H groups in total. The van der Waals surface area contributed by atoms with Gasteiger partial charge in [-0.1, -0.05) is 25.1 Å². The molecular weight excluding hydrogens is 416 g/mol. The lowest BCUT2D eigenvalue weighted by atomic mass is 10.1. The van der Waals surface area contributed by atoms with Crippen LogP contribution in [-0.2, 0) is 4.74 Å². The van der Waals surface area contributed by atoms with Crippen molar-refractivity contribution < 1.29 is 19.0 Å². The number of ether oxygens (including phenoxy) is 3. The minimum Gasteiger partial charge on any atom is -0.490 e. The third kappa shape index (κ3) is 6.80. The van der Waals surface area contributed by atoms with Gasteiger partial charge in [-0.2, -0.15) is 0 Å². The number of benzene rings is 2. The predicted molar refractivity (Wildman–Crippen MR) is 130 cm³/mol. The van der Waals surface area contributed by atoms with E-state index in [2.05, 4.69) is 17.2 Å². The number of anilines is 1. The summed E-state index contributed by atoms with van der Waals surface area (Å²) < 4.78 is 17.6. The number of aromatic nitrogens is 1. The number of hydrogen-bond acceptors (Lipinski definition) is 5.